The summed E-state index contributed by atoms with van der Waals surface area (Å²) in [4.78, 5) is 6.24. The van der Waals surface area contributed by atoms with Crippen molar-refractivity contribution in [1.82, 2.24) is 9.88 Å². The molecule has 2 heterocycles. The van der Waals surface area contributed by atoms with Gasteiger partial charge in [-0.3, -0.25) is 4.90 Å². The van der Waals surface area contributed by atoms with Crippen LogP contribution >= 0.6 is 0 Å². The molecule has 0 bridgehead atoms. The standard InChI is InChI=1S/C11H17N3O3S/c12-18(15,16)10-3-4-11(13-9-10)17-8-7-14-5-1-2-6-14/h3-4,9H,1-2,5-8H2,(H2,12,15,16). The first-order valence-corrected chi connectivity index (χ1v) is 7.44. The van der Waals surface area contributed by atoms with Gasteiger partial charge in [0.05, 0.1) is 6.20 Å². The number of likely N-dealkylation sites (tertiary alicyclic amines) is 1. The lowest BCUT2D eigenvalue weighted by atomic mass is 10.4. The van der Waals surface area contributed by atoms with Crippen molar-refractivity contribution in [1.29, 1.82) is 0 Å². The molecule has 18 heavy (non-hydrogen) atoms. The average molecular weight is 271 g/mol. The van der Waals surface area contributed by atoms with Crippen molar-refractivity contribution < 1.29 is 13.2 Å². The minimum Gasteiger partial charge on any atom is -0.476 e. The summed E-state index contributed by atoms with van der Waals surface area (Å²) in [6.45, 7) is 3.68. The largest absolute Gasteiger partial charge is 0.476 e. The molecule has 2 rings (SSSR count). The number of sulfonamides is 1. The van der Waals surface area contributed by atoms with E-state index < -0.39 is 10.0 Å². The molecule has 1 fully saturated rings. The van der Waals surface area contributed by atoms with E-state index in [2.05, 4.69) is 9.88 Å². The van der Waals surface area contributed by atoms with E-state index >= 15 is 0 Å². The van der Waals surface area contributed by atoms with Crippen molar-refractivity contribution in [3.05, 3.63) is 18.3 Å². The number of rotatable bonds is 5. The molecule has 1 aliphatic heterocycles. The van der Waals surface area contributed by atoms with E-state index in [1.54, 1.807) is 0 Å². The lowest BCUT2D eigenvalue weighted by Gasteiger charge is -2.14. The Balaban J connectivity index is 1.83. The molecule has 1 aliphatic rings. The van der Waals surface area contributed by atoms with Crippen LogP contribution in [0.2, 0.25) is 0 Å². The van der Waals surface area contributed by atoms with E-state index in [9.17, 15) is 8.42 Å². The predicted molar refractivity (Wildman–Crippen MR) is 66.8 cm³/mol. The summed E-state index contributed by atoms with van der Waals surface area (Å²) in [6, 6.07) is 2.91. The van der Waals surface area contributed by atoms with Crippen LogP contribution < -0.4 is 9.88 Å². The number of hydrogen-bond donors (Lipinski definition) is 1. The van der Waals surface area contributed by atoms with E-state index in [-0.39, 0.29) is 4.90 Å². The van der Waals surface area contributed by atoms with Gasteiger partial charge in [0.25, 0.3) is 0 Å². The topological polar surface area (TPSA) is 85.5 Å². The normalized spacial score (nSPS) is 16.9. The molecule has 1 aromatic heterocycles. The highest BCUT2D eigenvalue weighted by Gasteiger charge is 2.11. The third-order valence-electron chi connectivity index (χ3n) is 2.89. The molecule has 2 N–H and O–H groups in total. The van der Waals surface area contributed by atoms with E-state index in [4.69, 9.17) is 9.88 Å². The lowest BCUT2D eigenvalue weighted by Crippen LogP contribution is -2.25. The molecule has 0 radical (unpaired) electrons. The van der Waals surface area contributed by atoms with Gasteiger partial charge in [-0.1, -0.05) is 0 Å². The van der Waals surface area contributed by atoms with Crippen LogP contribution in [0, 0.1) is 0 Å². The maximum atomic E-state index is 11.0. The van der Waals surface area contributed by atoms with Gasteiger partial charge in [0.2, 0.25) is 15.9 Å². The van der Waals surface area contributed by atoms with Crippen molar-refractivity contribution in [3.63, 3.8) is 0 Å². The van der Waals surface area contributed by atoms with Crippen LogP contribution in [0.15, 0.2) is 23.2 Å². The van der Waals surface area contributed by atoms with E-state index in [1.807, 2.05) is 0 Å². The van der Waals surface area contributed by atoms with Crippen molar-refractivity contribution in [2.24, 2.45) is 5.14 Å². The molecule has 1 saturated heterocycles. The predicted octanol–water partition coefficient (Wildman–Crippen LogP) is 0.204. The number of pyridine rings is 1. The minimum atomic E-state index is -3.68. The molecule has 6 nitrogen and oxygen atoms in total. The highest BCUT2D eigenvalue weighted by atomic mass is 32.2. The second-order valence-corrected chi connectivity index (χ2v) is 5.84. The van der Waals surface area contributed by atoms with Gasteiger partial charge in [-0.05, 0) is 32.0 Å². The van der Waals surface area contributed by atoms with Gasteiger partial charge in [0, 0.05) is 12.6 Å². The molecule has 100 valence electrons. The van der Waals surface area contributed by atoms with Crippen LogP contribution in [0.3, 0.4) is 0 Å². The lowest BCUT2D eigenvalue weighted by molar-refractivity contribution is 0.232. The van der Waals surface area contributed by atoms with Gasteiger partial charge in [0.15, 0.2) is 0 Å². The zero-order valence-corrected chi connectivity index (χ0v) is 10.9. The number of hydrogen-bond acceptors (Lipinski definition) is 5. The van der Waals surface area contributed by atoms with Crippen molar-refractivity contribution in [2.75, 3.05) is 26.2 Å². The average Bonchev–Trinajstić information content (AvgIpc) is 2.82. The number of primary sulfonamides is 1. The minimum absolute atomic E-state index is 0.00519. The molecule has 7 heteroatoms. The molecular weight excluding hydrogens is 254 g/mol. The first-order valence-electron chi connectivity index (χ1n) is 5.90. The number of nitrogens with zero attached hydrogens (tertiary/aromatic N) is 2. The first kappa shape index (κ1) is 13.3. The second kappa shape index (κ2) is 5.64. The quantitative estimate of drug-likeness (QED) is 0.827. The Hall–Kier alpha value is -1.18. The van der Waals surface area contributed by atoms with Gasteiger partial charge in [-0.15, -0.1) is 0 Å². The highest BCUT2D eigenvalue weighted by Crippen LogP contribution is 2.11. The summed E-state index contributed by atoms with van der Waals surface area (Å²) >= 11 is 0. The van der Waals surface area contributed by atoms with E-state index in [1.165, 1.54) is 31.2 Å². The van der Waals surface area contributed by atoms with E-state index in [0.29, 0.717) is 12.5 Å². The molecule has 0 amide bonds. The monoisotopic (exact) mass is 271 g/mol. The summed E-state index contributed by atoms with van der Waals surface area (Å²) in [6.07, 6.45) is 3.71. The Morgan fingerprint density at radius 2 is 2.06 bits per heavy atom. The van der Waals surface area contributed by atoms with Crippen molar-refractivity contribution >= 4 is 10.0 Å². The second-order valence-electron chi connectivity index (χ2n) is 4.27. The number of nitrogens with two attached hydrogens (primary N) is 1. The molecule has 0 aliphatic carbocycles. The summed E-state index contributed by atoms with van der Waals surface area (Å²) in [7, 11) is -3.68. The smallest absolute Gasteiger partial charge is 0.239 e. The summed E-state index contributed by atoms with van der Waals surface area (Å²) in [5, 5.41) is 4.97. The van der Waals surface area contributed by atoms with Crippen LogP contribution in [-0.2, 0) is 10.0 Å². The molecule has 0 atom stereocenters. The van der Waals surface area contributed by atoms with Crippen LogP contribution in [0.1, 0.15) is 12.8 Å². The van der Waals surface area contributed by atoms with Gasteiger partial charge in [-0.25, -0.2) is 18.5 Å². The fraction of sp³-hybridized carbons (Fsp3) is 0.545. The molecule has 1 aromatic rings. The Bertz CT molecular complexity index is 481. The highest BCUT2D eigenvalue weighted by molar-refractivity contribution is 7.89. The summed E-state index contributed by atoms with van der Waals surface area (Å²) in [5.74, 6) is 0.418. The molecule has 0 unspecified atom stereocenters. The molecule has 0 spiro atoms. The third-order valence-corrected chi connectivity index (χ3v) is 3.79. The summed E-state index contributed by atoms with van der Waals surface area (Å²) in [5.41, 5.74) is 0. The first-order chi connectivity index (χ1) is 8.55. The Morgan fingerprint density at radius 1 is 1.33 bits per heavy atom. The zero-order valence-electron chi connectivity index (χ0n) is 10.1. The van der Waals surface area contributed by atoms with Gasteiger partial charge >= 0.3 is 0 Å². The van der Waals surface area contributed by atoms with Crippen LogP contribution in [-0.4, -0.2) is 44.5 Å². The van der Waals surface area contributed by atoms with Crippen LogP contribution in [0.5, 0.6) is 5.88 Å². The molecule has 0 aromatic carbocycles. The Morgan fingerprint density at radius 3 is 2.61 bits per heavy atom. The fourth-order valence-electron chi connectivity index (χ4n) is 1.91. The van der Waals surface area contributed by atoms with Crippen molar-refractivity contribution in [2.45, 2.75) is 17.7 Å². The Kier molecular flexibility index (Phi) is 4.15. The molecule has 0 saturated carbocycles. The van der Waals surface area contributed by atoms with Crippen LogP contribution in [0.25, 0.3) is 0 Å². The van der Waals surface area contributed by atoms with Gasteiger partial charge in [0.1, 0.15) is 11.5 Å². The number of ether oxygens (including phenoxy) is 1. The zero-order chi connectivity index (χ0) is 13.0. The Labute approximate surface area is 107 Å². The van der Waals surface area contributed by atoms with Gasteiger partial charge < -0.3 is 4.74 Å². The number of aromatic nitrogens is 1. The van der Waals surface area contributed by atoms with Crippen molar-refractivity contribution in [3.8, 4) is 5.88 Å². The third kappa shape index (κ3) is 3.66. The SMILES string of the molecule is NS(=O)(=O)c1ccc(OCCN2CCCC2)nc1. The van der Waals surface area contributed by atoms with E-state index in [0.717, 1.165) is 19.6 Å². The van der Waals surface area contributed by atoms with Crippen LogP contribution in [0.4, 0.5) is 0 Å². The van der Waals surface area contributed by atoms with Gasteiger partial charge in [-0.2, -0.15) is 0 Å². The summed E-state index contributed by atoms with van der Waals surface area (Å²) < 4.78 is 27.5. The fourth-order valence-corrected chi connectivity index (χ4v) is 2.36. The maximum absolute atomic E-state index is 11.0. The maximum Gasteiger partial charge on any atom is 0.239 e. The molecular formula is C11H17N3O3S.